The molecule has 30 heavy (non-hydrogen) atoms. The molecule has 1 fully saturated rings. The molecule has 5 nitrogen and oxygen atoms in total. The molecule has 0 saturated carbocycles. The first kappa shape index (κ1) is 22.6. The fraction of sp³-hybridized carbons (Fsp3) is 0.391. The van der Waals surface area contributed by atoms with Crippen molar-refractivity contribution in [1.29, 1.82) is 0 Å². The summed E-state index contributed by atoms with van der Waals surface area (Å²) in [4.78, 5) is 26.6. The van der Waals surface area contributed by atoms with Gasteiger partial charge in [-0.05, 0) is 49.4 Å². The summed E-state index contributed by atoms with van der Waals surface area (Å²) in [5, 5.41) is 14.3. The second kappa shape index (κ2) is 9.82. The van der Waals surface area contributed by atoms with Crippen molar-refractivity contribution in [3.8, 4) is 0 Å². The number of halogens is 2. The number of carbonyl (C=O) groups is 2. The lowest BCUT2D eigenvalue weighted by Crippen LogP contribution is -2.43. The third-order valence-electron chi connectivity index (χ3n) is 5.65. The maximum absolute atomic E-state index is 12.8. The largest absolute Gasteiger partial charge is 0.382 e. The van der Waals surface area contributed by atoms with Crippen LogP contribution in [0.25, 0.3) is 0 Å². The highest BCUT2D eigenvalue weighted by Crippen LogP contribution is 2.28. The van der Waals surface area contributed by atoms with Crippen molar-refractivity contribution in [1.82, 2.24) is 10.2 Å². The zero-order chi connectivity index (χ0) is 21.8. The van der Waals surface area contributed by atoms with Gasteiger partial charge in [-0.3, -0.25) is 9.59 Å². The van der Waals surface area contributed by atoms with Gasteiger partial charge in [0.1, 0.15) is 6.10 Å². The van der Waals surface area contributed by atoms with Crippen molar-refractivity contribution in [2.75, 3.05) is 13.6 Å². The Morgan fingerprint density at radius 2 is 1.77 bits per heavy atom. The average molecular weight is 449 g/mol. The number of hydrogen-bond donors (Lipinski definition) is 2. The van der Waals surface area contributed by atoms with E-state index in [1.54, 1.807) is 13.1 Å². The van der Waals surface area contributed by atoms with Crippen LogP contribution in [0.15, 0.2) is 42.5 Å². The van der Waals surface area contributed by atoms with Gasteiger partial charge in [0.25, 0.3) is 5.91 Å². The summed E-state index contributed by atoms with van der Waals surface area (Å²) in [5.74, 6) is -1.51. The van der Waals surface area contributed by atoms with Crippen molar-refractivity contribution >= 4 is 35.0 Å². The van der Waals surface area contributed by atoms with Gasteiger partial charge in [-0.15, -0.1) is 0 Å². The number of likely N-dealkylation sites (tertiary alicyclic amines) is 1. The molecule has 160 valence electrons. The van der Waals surface area contributed by atoms with Crippen LogP contribution in [0.2, 0.25) is 10.0 Å². The van der Waals surface area contributed by atoms with E-state index in [1.807, 2.05) is 43.3 Å². The van der Waals surface area contributed by atoms with Crippen molar-refractivity contribution in [3.05, 3.63) is 69.2 Å². The molecule has 0 aliphatic carbocycles. The highest BCUT2D eigenvalue weighted by Gasteiger charge is 2.49. The second-order valence-electron chi connectivity index (χ2n) is 7.82. The summed E-state index contributed by atoms with van der Waals surface area (Å²) in [5.41, 5.74) is 3.20. The van der Waals surface area contributed by atoms with Crippen LogP contribution < -0.4 is 5.32 Å². The van der Waals surface area contributed by atoms with Crippen LogP contribution in [-0.4, -0.2) is 47.6 Å². The highest BCUT2D eigenvalue weighted by molar-refractivity contribution is 6.42. The molecule has 0 bridgehead atoms. The summed E-state index contributed by atoms with van der Waals surface area (Å²) in [6.07, 6.45) is 0.635. The third-order valence-corrected chi connectivity index (χ3v) is 6.39. The quantitative estimate of drug-likeness (QED) is 0.637. The van der Waals surface area contributed by atoms with Crippen molar-refractivity contribution in [3.63, 3.8) is 0 Å². The normalized spacial score (nSPS) is 21.2. The van der Waals surface area contributed by atoms with Crippen LogP contribution in [0.4, 0.5) is 0 Å². The van der Waals surface area contributed by atoms with Gasteiger partial charge < -0.3 is 15.3 Å². The number of aliphatic hydroxyl groups excluding tert-OH is 1. The number of rotatable bonds is 7. The molecule has 0 spiro atoms. The van der Waals surface area contributed by atoms with E-state index in [0.717, 1.165) is 23.1 Å². The van der Waals surface area contributed by atoms with Crippen molar-refractivity contribution < 1.29 is 14.7 Å². The van der Waals surface area contributed by atoms with E-state index in [9.17, 15) is 14.7 Å². The number of amides is 2. The molecular formula is C23H26Cl2N2O3. The van der Waals surface area contributed by atoms with E-state index >= 15 is 0 Å². The molecule has 1 heterocycles. The van der Waals surface area contributed by atoms with Gasteiger partial charge in [0.05, 0.1) is 22.0 Å². The lowest BCUT2D eigenvalue weighted by Gasteiger charge is -2.24. The molecule has 0 aromatic heterocycles. The van der Waals surface area contributed by atoms with Crippen molar-refractivity contribution in [2.24, 2.45) is 5.92 Å². The Hall–Kier alpha value is -2.08. The van der Waals surface area contributed by atoms with Gasteiger partial charge in [0.15, 0.2) is 0 Å². The van der Waals surface area contributed by atoms with E-state index in [4.69, 9.17) is 23.2 Å². The van der Waals surface area contributed by atoms with Crippen LogP contribution in [0.3, 0.4) is 0 Å². The number of nitrogens with zero attached hydrogens (tertiary/aromatic N) is 1. The molecule has 2 amide bonds. The number of likely N-dealkylation sites (N-methyl/N-ethyl adjacent to an activating group) is 1. The smallest absolute Gasteiger partial charge is 0.252 e. The molecular weight excluding hydrogens is 423 g/mol. The minimum Gasteiger partial charge on any atom is -0.382 e. The molecule has 3 unspecified atom stereocenters. The average Bonchev–Trinajstić information content (AvgIpc) is 2.93. The summed E-state index contributed by atoms with van der Waals surface area (Å²) in [6.45, 7) is 2.45. The lowest BCUT2D eigenvalue weighted by molar-refractivity contribution is -0.137. The van der Waals surface area contributed by atoms with E-state index in [-0.39, 0.29) is 11.9 Å². The van der Waals surface area contributed by atoms with Gasteiger partial charge in [-0.2, -0.15) is 0 Å². The molecule has 1 aliphatic heterocycles. The highest BCUT2D eigenvalue weighted by atomic mass is 35.5. The topological polar surface area (TPSA) is 69.6 Å². The number of carbonyl (C=O) groups excluding carboxylic acids is 2. The van der Waals surface area contributed by atoms with Gasteiger partial charge in [-0.1, -0.05) is 59.1 Å². The molecule has 0 radical (unpaired) electrons. The SMILES string of the molecule is Cc1ccc(CC2C(C(=O)NCCCc3ccc(Cl)c(Cl)c3)C(O)C(=O)N2C)cc1. The first-order chi connectivity index (χ1) is 14.3. The number of aryl methyl sites for hydroxylation is 2. The lowest BCUT2D eigenvalue weighted by atomic mass is 9.91. The monoisotopic (exact) mass is 448 g/mol. The Kier molecular flexibility index (Phi) is 7.40. The zero-order valence-electron chi connectivity index (χ0n) is 17.1. The number of aliphatic hydroxyl groups is 1. The molecule has 2 N–H and O–H groups in total. The van der Waals surface area contributed by atoms with Gasteiger partial charge in [-0.25, -0.2) is 0 Å². The maximum Gasteiger partial charge on any atom is 0.252 e. The predicted octanol–water partition coefficient (Wildman–Crippen LogP) is 3.41. The summed E-state index contributed by atoms with van der Waals surface area (Å²) < 4.78 is 0. The predicted molar refractivity (Wildman–Crippen MR) is 119 cm³/mol. The molecule has 3 atom stereocenters. The Morgan fingerprint density at radius 3 is 2.43 bits per heavy atom. The first-order valence-electron chi connectivity index (χ1n) is 10.00. The Morgan fingerprint density at radius 1 is 1.10 bits per heavy atom. The van der Waals surface area contributed by atoms with Gasteiger partial charge in [0.2, 0.25) is 5.91 Å². The third kappa shape index (κ3) is 5.15. The Bertz CT molecular complexity index is 917. The number of hydrogen-bond acceptors (Lipinski definition) is 3. The van der Waals surface area contributed by atoms with Crippen LogP contribution in [0, 0.1) is 12.8 Å². The van der Waals surface area contributed by atoms with E-state index in [2.05, 4.69) is 5.32 Å². The van der Waals surface area contributed by atoms with Crippen LogP contribution in [0.1, 0.15) is 23.1 Å². The molecule has 2 aromatic carbocycles. The standard InChI is InChI=1S/C23H26Cl2N2O3/c1-14-5-7-16(8-6-14)13-19-20(21(28)23(30)27(19)2)22(29)26-11-3-4-15-9-10-17(24)18(25)12-15/h5-10,12,19-21,28H,3-4,11,13H2,1-2H3,(H,26,29). The molecule has 1 aliphatic rings. The summed E-state index contributed by atoms with van der Waals surface area (Å²) in [7, 11) is 1.64. The van der Waals surface area contributed by atoms with Crippen LogP contribution >= 0.6 is 23.2 Å². The van der Waals surface area contributed by atoms with Crippen LogP contribution in [0.5, 0.6) is 0 Å². The fourth-order valence-electron chi connectivity index (χ4n) is 3.84. The minimum absolute atomic E-state index is 0.300. The molecule has 2 aromatic rings. The van der Waals surface area contributed by atoms with Gasteiger partial charge in [0, 0.05) is 13.6 Å². The second-order valence-corrected chi connectivity index (χ2v) is 8.63. The van der Waals surface area contributed by atoms with E-state index in [0.29, 0.717) is 29.4 Å². The first-order valence-corrected chi connectivity index (χ1v) is 10.8. The Balaban J connectivity index is 1.59. The summed E-state index contributed by atoms with van der Waals surface area (Å²) >= 11 is 12.0. The summed E-state index contributed by atoms with van der Waals surface area (Å²) in [6, 6.07) is 13.1. The van der Waals surface area contributed by atoms with E-state index in [1.165, 1.54) is 4.90 Å². The minimum atomic E-state index is -1.32. The fourth-order valence-corrected chi connectivity index (χ4v) is 4.16. The molecule has 7 heteroatoms. The maximum atomic E-state index is 12.8. The molecule has 1 saturated heterocycles. The van der Waals surface area contributed by atoms with Gasteiger partial charge >= 0.3 is 0 Å². The van der Waals surface area contributed by atoms with E-state index < -0.39 is 17.9 Å². The Labute approximate surface area is 187 Å². The molecule has 3 rings (SSSR count). The zero-order valence-corrected chi connectivity index (χ0v) is 18.6. The number of nitrogens with one attached hydrogen (secondary N) is 1. The van der Waals surface area contributed by atoms with Crippen LogP contribution in [-0.2, 0) is 22.4 Å². The van der Waals surface area contributed by atoms with Crippen molar-refractivity contribution in [2.45, 2.75) is 38.3 Å². The number of benzene rings is 2.